The van der Waals surface area contributed by atoms with Crippen LogP contribution in [-0.4, -0.2) is 18.9 Å². The topological polar surface area (TPSA) is 67.4 Å². The van der Waals surface area contributed by atoms with Crippen LogP contribution in [0.5, 0.6) is 0 Å². The first-order valence-electron chi connectivity index (χ1n) is 9.95. The van der Waals surface area contributed by atoms with Gasteiger partial charge in [-0.1, -0.05) is 30.3 Å². The number of rotatable bonds is 6. The summed E-state index contributed by atoms with van der Waals surface area (Å²) in [6.45, 7) is 1.89. The molecule has 3 aromatic carbocycles. The van der Waals surface area contributed by atoms with Crippen molar-refractivity contribution in [2.75, 3.05) is 17.7 Å². The Hall–Kier alpha value is -3.55. The van der Waals surface area contributed by atoms with Crippen LogP contribution in [0.1, 0.15) is 31.2 Å². The summed E-state index contributed by atoms with van der Waals surface area (Å²) < 4.78 is 20.3. The lowest BCUT2D eigenvalue weighted by Crippen LogP contribution is -2.17. The molecule has 1 aromatic heterocycles. The average molecular weight is 449 g/mol. The zero-order valence-electron chi connectivity index (χ0n) is 17.6. The lowest BCUT2D eigenvalue weighted by molar-refractivity contribution is 0.101. The van der Waals surface area contributed by atoms with Crippen LogP contribution in [0.4, 0.5) is 15.8 Å². The normalized spacial score (nSPS) is 10.8. The van der Waals surface area contributed by atoms with Crippen molar-refractivity contribution in [2.24, 2.45) is 0 Å². The lowest BCUT2D eigenvalue weighted by Gasteiger charge is -2.13. The predicted octanol–water partition coefficient (Wildman–Crippen LogP) is 6.00. The van der Waals surface area contributed by atoms with E-state index < -0.39 is 0 Å². The van der Waals surface area contributed by atoms with Crippen molar-refractivity contribution in [3.8, 4) is 0 Å². The Kier molecular flexibility index (Phi) is 6.30. The molecule has 0 unspecified atom stereocenters. The van der Waals surface area contributed by atoms with E-state index in [9.17, 15) is 14.0 Å². The van der Waals surface area contributed by atoms with Crippen LogP contribution in [0, 0.1) is 12.7 Å². The van der Waals surface area contributed by atoms with Gasteiger partial charge in [-0.15, -0.1) is 11.3 Å². The van der Waals surface area contributed by atoms with Crippen LogP contribution in [-0.2, 0) is 11.3 Å². The number of hydrogen-bond donors (Lipinski definition) is 2. The van der Waals surface area contributed by atoms with Gasteiger partial charge < -0.3 is 15.4 Å². The molecule has 4 rings (SSSR count). The van der Waals surface area contributed by atoms with E-state index >= 15 is 0 Å². The molecule has 0 fully saturated rings. The van der Waals surface area contributed by atoms with Crippen LogP contribution in [0.15, 0.2) is 66.7 Å². The molecule has 0 spiro atoms. The number of thiophene rings is 1. The highest BCUT2D eigenvalue weighted by molar-refractivity contribution is 7.21. The van der Waals surface area contributed by atoms with E-state index in [4.69, 9.17) is 4.74 Å². The van der Waals surface area contributed by atoms with Crippen molar-refractivity contribution < 1.29 is 18.7 Å². The second-order valence-corrected chi connectivity index (χ2v) is 8.26. The van der Waals surface area contributed by atoms with Gasteiger partial charge in [0.25, 0.3) is 11.8 Å². The molecule has 2 N–H and O–H groups in total. The molecule has 5 nitrogen and oxygen atoms in total. The first-order valence-corrected chi connectivity index (χ1v) is 10.8. The number of methoxy groups -OCH3 is 1. The van der Waals surface area contributed by atoms with Crippen LogP contribution in [0.3, 0.4) is 0 Å². The smallest absolute Gasteiger partial charge is 0.266 e. The summed E-state index contributed by atoms with van der Waals surface area (Å²) >= 11 is 1.21. The number of ether oxygens (including phenoxy) is 1. The summed E-state index contributed by atoms with van der Waals surface area (Å²) in [5.41, 5.74) is 2.79. The van der Waals surface area contributed by atoms with Gasteiger partial charge in [0.1, 0.15) is 5.82 Å². The number of carbonyl (C=O) groups is 2. The quantitative estimate of drug-likeness (QED) is 0.380. The minimum atomic E-state index is -0.388. The number of halogens is 1. The van der Waals surface area contributed by atoms with Gasteiger partial charge in [0.05, 0.1) is 11.5 Å². The number of benzene rings is 3. The van der Waals surface area contributed by atoms with Gasteiger partial charge in [-0.2, -0.15) is 0 Å². The number of hydrogen-bond acceptors (Lipinski definition) is 4. The summed E-state index contributed by atoms with van der Waals surface area (Å²) in [6, 6.07) is 19.1. The van der Waals surface area contributed by atoms with Gasteiger partial charge in [0.15, 0.2) is 0 Å². The number of para-hydroxylation sites is 1. The predicted molar refractivity (Wildman–Crippen MR) is 126 cm³/mol. The molecule has 32 heavy (non-hydrogen) atoms. The molecule has 1 heterocycles. The van der Waals surface area contributed by atoms with Crippen LogP contribution in [0.25, 0.3) is 10.1 Å². The monoisotopic (exact) mass is 448 g/mol. The second-order valence-electron chi connectivity index (χ2n) is 7.21. The molecule has 162 valence electrons. The fourth-order valence-corrected chi connectivity index (χ4v) is 4.67. The third kappa shape index (κ3) is 4.26. The van der Waals surface area contributed by atoms with Gasteiger partial charge in [0.2, 0.25) is 0 Å². The minimum absolute atomic E-state index is 0.113. The Morgan fingerprint density at radius 3 is 2.44 bits per heavy atom. The maximum Gasteiger partial charge on any atom is 0.266 e. The molecule has 0 aliphatic heterocycles. The van der Waals surface area contributed by atoms with E-state index in [2.05, 4.69) is 10.6 Å². The van der Waals surface area contributed by atoms with E-state index in [1.54, 1.807) is 49.4 Å². The maximum absolute atomic E-state index is 14.4. The fraction of sp³-hybridized carbons (Fsp3) is 0.120. The van der Waals surface area contributed by atoms with Crippen molar-refractivity contribution in [1.29, 1.82) is 0 Å². The zero-order valence-corrected chi connectivity index (χ0v) is 18.4. The molecule has 0 radical (unpaired) electrons. The van der Waals surface area contributed by atoms with E-state index in [0.717, 1.165) is 0 Å². The standard InChI is InChI=1S/C25H21FN2O3S/c1-15-17(24(29)27-16-8-4-3-5-9-16)10-6-12-20(15)28-25(30)23-18(14-31-2)22-19(26)11-7-13-21(22)32-23/h3-13H,14H2,1-2H3,(H,27,29)(H,28,30). The number of carbonyl (C=O) groups excluding carboxylic acids is 2. The summed E-state index contributed by atoms with van der Waals surface area (Å²) in [5, 5.41) is 6.13. The molecule has 0 saturated carbocycles. The highest BCUT2D eigenvalue weighted by Gasteiger charge is 2.22. The molecule has 0 bridgehead atoms. The Labute approximate surface area is 188 Å². The maximum atomic E-state index is 14.4. The van der Waals surface area contributed by atoms with Gasteiger partial charge in [-0.3, -0.25) is 9.59 Å². The van der Waals surface area contributed by atoms with E-state index in [1.807, 2.05) is 18.2 Å². The zero-order chi connectivity index (χ0) is 22.7. The fourth-order valence-electron chi connectivity index (χ4n) is 3.55. The van der Waals surface area contributed by atoms with Gasteiger partial charge in [0, 0.05) is 39.7 Å². The van der Waals surface area contributed by atoms with E-state index in [1.165, 1.54) is 24.5 Å². The van der Waals surface area contributed by atoms with E-state index in [-0.39, 0.29) is 24.2 Å². The largest absolute Gasteiger partial charge is 0.380 e. The SMILES string of the molecule is COCc1c(C(=O)Nc2cccc(C(=O)Nc3ccccc3)c2C)sc2cccc(F)c12. The van der Waals surface area contributed by atoms with Crippen LogP contribution in [0.2, 0.25) is 0 Å². The third-order valence-electron chi connectivity index (χ3n) is 5.12. The Bertz CT molecular complexity index is 1300. The van der Waals surface area contributed by atoms with E-state index in [0.29, 0.717) is 43.0 Å². The van der Waals surface area contributed by atoms with Crippen molar-refractivity contribution >= 4 is 44.6 Å². The molecule has 0 aliphatic carbocycles. The summed E-state index contributed by atoms with van der Waals surface area (Å²) in [7, 11) is 1.50. The lowest BCUT2D eigenvalue weighted by atomic mass is 10.1. The van der Waals surface area contributed by atoms with Crippen molar-refractivity contribution in [3.63, 3.8) is 0 Å². The number of anilines is 2. The number of nitrogens with one attached hydrogen (secondary N) is 2. The van der Waals surface area contributed by atoms with Crippen LogP contribution < -0.4 is 10.6 Å². The molecular formula is C25H21FN2O3S. The third-order valence-corrected chi connectivity index (χ3v) is 6.31. The highest BCUT2D eigenvalue weighted by Crippen LogP contribution is 2.34. The first-order chi connectivity index (χ1) is 15.5. The van der Waals surface area contributed by atoms with Gasteiger partial charge in [-0.25, -0.2) is 4.39 Å². The Balaban J connectivity index is 1.63. The molecule has 0 saturated heterocycles. The molecule has 7 heteroatoms. The van der Waals surface area contributed by atoms with Gasteiger partial charge >= 0.3 is 0 Å². The summed E-state index contributed by atoms with van der Waals surface area (Å²) in [6.07, 6.45) is 0. The summed E-state index contributed by atoms with van der Waals surface area (Å²) in [4.78, 5) is 26.3. The molecular weight excluding hydrogens is 427 g/mol. The number of fused-ring (bicyclic) bond motifs is 1. The Morgan fingerprint density at radius 1 is 0.938 bits per heavy atom. The van der Waals surface area contributed by atoms with Gasteiger partial charge in [-0.05, 0) is 48.9 Å². The summed E-state index contributed by atoms with van der Waals surface area (Å²) in [5.74, 6) is -1.03. The highest BCUT2D eigenvalue weighted by atomic mass is 32.1. The molecule has 2 amide bonds. The Morgan fingerprint density at radius 2 is 1.69 bits per heavy atom. The second kappa shape index (κ2) is 9.30. The molecule has 4 aromatic rings. The van der Waals surface area contributed by atoms with Crippen molar-refractivity contribution in [1.82, 2.24) is 0 Å². The first kappa shape index (κ1) is 21.7. The average Bonchev–Trinajstić information content (AvgIpc) is 3.16. The molecule has 0 aliphatic rings. The molecule has 0 atom stereocenters. The van der Waals surface area contributed by atoms with Crippen LogP contribution >= 0.6 is 11.3 Å². The number of amides is 2. The van der Waals surface area contributed by atoms with Crippen molar-refractivity contribution in [2.45, 2.75) is 13.5 Å². The minimum Gasteiger partial charge on any atom is -0.380 e. The van der Waals surface area contributed by atoms with Crippen molar-refractivity contribution in [3.05, 3.63) is 94.1 Å².